The van der Waals surface area contributed by atoms with Crippen LogP contribution in [0.5, 0.6) is 0 Å². The Kier molecular flexibility index (Phi) is 2.91. The molecule has 3 heteroatoms. The monoisotopic (exact) mass is 167 g/mol. The van der Waals surface area contributed by atoms with E-state index in [1.807, 2.05) is 25.3 Å². The van der Waals surface area contributed by atoms with Gasteiger partial charge in [0.2, 0.25) is 0 Å². The van der Waals surface area contributed by atoms with Crippen LogP contribution in [0.1, 0.15) is 19.5 Å². The molecule has 1 atom stereocenters. The van der Waals surface area contributed by atoms with E-state index in [2.05, 4.69) is 4.98 Å². The molecule has 0 amide bonds. The summed E-state index contributed by atoms with van der Waals surface area (Å²) in [5.41, 5.74) is 1.09. The van der Waals surface area contributed by atoms with E-state index in [4.69, 9.17) is 4.74 Å². The molecule has 0 aliphatic rings. The van der Waals surface area contributed by atoms with Gasteiger partial charge < -0.3 is 9.72 Å². The zero-order valence-corrected chi connectivity index (χ0v) is 7.33. The summed E-state index contributed by atoms with van der Waals surface area (Å²) in [5, 5.41) is 0. The van der Waals surface area contributed by atoms with Gasteiger partial charge in [0.15, 0.2) is 0 Å². The first kappa shape index (κ1) is 8.84. The number of H-pyrrole nitrogens is 1. The van der Waals surface area contributed by atoms with Crippen LogP contribution in [0.4, 0.5) is 0 Å². The first-order valence-corrected chi connectivity index (χ1v) is 3.98. The van der Waals surface area contributed by atoms with Gasteiger partial charge in [0, 0.05) is 25.2 Å². The van der Waals surface area contributed by atoms with Crippen LogP contribution in [0.2, 0.25) is 0 Å². The van der Waals surface area contributed by atoms with Crippen molar-refractivity contribution in [2.45, 2.75) is 26.4 Å². The molecule has 0 saturated heterocycles. The Morgan fingerprint density at radius 3 is 3.00 bits per heavy atom. The van der Waals surface area contributed by atoms with Crippen molar-refractivity contribution in [1.29, 1.82) is 0 Å². The number of aromatic amines is 1. The molecule has 3 nitrogen and oxygen atoms in total. The Hall–Kier alpha value is -1.25. The van der Waals surface area contributed by atoms with E-state index in [1.165, 1.54) is 6.92 Å². The first-order valence-electron chi connectivity index (χ1n) is 3.98. The highest BCUT2D eigenvalue weighted by Gasteiger charge is 2.06. The zero-order chi connectivity index (χ0) is 8.97. The fourth-order valence-corrected chi connectivity index (χ4v) is 1.13. The second-order valence-electron chi connectivity index (χ2n) is 2.82. The van der Waals surface area contributed by atoms with E-state index in [0.29, 0.717) is 0 Å². The number of esters is 1. The summed E-state index contributed by atoms with van der Waals surface area (Å²) in [6, 6.07) is 3.90. The molecular weight excluding hydrogens is 154 g/mol. The van der Waals surface area contributed by atoms with Gasteiger partial charge in [-0.25, -0.2) is 0 Å². The smallest absolute Gasteiger partial charge is 0.302 e. The molecule has 1 rings (SSSR count). The molecule has 0 aliphatic heterocycles. The van der Waals surface area contributed by atoms with Crippen molar-refractivity contribution in [3.63, 3.8) is 0 Å². The number of carbonyl (C=O) groups is 1. The van der Waals surface area contributed by atoms with Crippen LogP contribution in [0.15, 0.2) is 18.3 Å². The summed E-state index contributed by atoms with van der Waals surface area (Å²) in [6.45, 7) is 3.30. The van der Waals surface area contributed by atoms with Gasteiger partial charge in [-0.3, -0.25) is 4.79 Å². The van der Waals surface area contributed by atoms with Crippen LogP contribution >= 0.6 is 0 Å². The molecule has 0 aromatic carbocycles. The van der Waals surface area contributed by atoms with Gasteiger partial charge in [0.1, 0.15) is 6.10 Å². The molecule has 1 unspecified atom stereocenters. The second-order valence-corrected chi connectivity index (χ2v) is 2.82. The molecule has 0 aliphatic carbocycles. The second kappa shape index (κ2) is 3.95. The minimum absolute atomic E-state index is 0.0545. The van der Waals surface area contributed by atoms with Crippen LogP contribution in [-0.4, -0.2) is 17.1 Å². The fourth-order valence-electron chi connectivity index (χ4n) is 1.13. The lowest BCUT2D eigenvalue weighted by Gasteiger charge is -2.09. The molecule has 1 aromatic heterocycles. The van der Waals surface area contributed by atoms with Gasteiger partial charge in [0.25, 0.3) is 0 Å². The highest BCUT2D eigenvalue weighted by atomic mass is 16.5. The predicted molar refractivity (Wildman–Crippen MR) is 45.7 cm³/mol. The maximum Gasteiger partial charge on any atom is 0.302 e. The SMILES string of the molecule is CC(=O)OC(C)Cc1ccc[nH]1. The average Bonchev–Trinajstić information content (AvgIpc) is 2.37. The van der Waals surface area contributed by atoms with Crippen molar-refractivity contribution in [1.82, 2.24) is 4.98 Å². The van der Waals surface area contributed by atoms with Crippen LogP contribution in [0, 0.1) is 0 Å². The maximum atomic E-state index is 10.6. The molecule has 12 heavy (non-hydrogen) atoms. The Labute approximate surface area is 71.7 Å². The molecule has 0 radical (unpaired) electrons. The number of hydrogen-bond donors (Lipinski definition) is 1. The Morgan fingerprint density at radius 2 is 2.50 bits per heavy atom. The number of rotatable bonds is 3. The Morgan fingerprint density at radius 1 is 1.75 bits per heavy atom. The molecule has 0 fully saturated rings. The van der Waals surface area contributed by atoms with E-state index >= 15 is 0 Å². The Balaban J connectivity index is 2.36. The summed E-state index contributed by atoms with van der Waals surface area (Å²) in [4.78, 5) is 13.6. The van der Waals surface area contributed by atoms with E-state index in [0.717, 1.165) is 12.1 Å². The van der Waals surface area contributed by atoms with E-state index in [-0.39, 0.29) is 12.1 Å². The van der Waals surface area contributed by atoms with Gasteiger partial charge in [-0.05, 0) is 19.1 Å². The summed E-state index contributed by atoms with van der Waals surface area (Å²) in [6.07, 6.45) is 2.55. The van der Waals surface area contributed by atoms with E-state index < -0.39 is 0 Å². The first-order chi connectivity index (χ1) is 5.68. The highest BCUT2D eigenvalue weighted by Crippen LogP contribution is 2.02. The fraction of sp³-hybridized carbons (Fsp3) is 0.444. The third-order valence-corrected chi connectivity index (χ3v) is 1.54. The van der Waals surface area contributed by atoms with Crippen molar-refractivity contribution in [3.8, 4) is 0 Å². The highest BCUT2D eigenvalue weighted by molar-refractivity contribution is 5.66. The molecule has 1 aromatic rings. The predicted octanol–water partition coefficient (Wildman–Crippen LogP) is 1.51. The molecule has 1 heterocycles. The lowest BCUT2D eigenvalue weighted by Crippen LogP contribution is -2.14. The standard InChI is InChI=1S/C9H13NO2/c1-7(12-8(2)11)6-9-4-3-5-10-9/h3-5,7,10H,6H2,1-2H3. The third-order valence-electron chi connectivity index (χ3n) is 1.54. The summed E-state index contributed by atoms with van der Waals surface area (Å²) >= 11 is 0. The van der Waals surface area contributed by atoms with Gasteiger partial charge >= 0.3 is 5.97 Å². The molecule has 0 spiro atoms. The molecular formula is C9H13NO2. The van der Waals surface area contributed by atoms with Crippen LogP contribution in [-0.2, 0) is 16.0 Å². The average molecular weight is 167 g/mol. The largest absolute Gasteiger partial charge is 0.462 e. The van der Waals surface area contributed by atoms with Crippen molar-refractivity contribution in [2.24, 2.45) is 0 Å². The number of carbonyl (C=O) groups excluding carboxylic acids is 1. The molecule has 0 saturated carbocycles. The molecule has 0 bridgehead atoms. The quantitative estimate of drug-likeness (QED) is 0.693. The van der Waals surface area contributed by atoms with Crippen LogP contribution in [0.3, 0.4) is 0 Å². The lowest BCUT2D eigenvalue weighted by molar-refractivity contribution is -0.145. The van der Waals surface area contributed by atoms with Gasteiger partial charge in [-0.1, -0.05) is 0 Å². The van der Waals surface area contributed by atoms with Gasteiger partial charge in [-0.15, -0.1) is 0 Å². The van der Waals surface area contributed by atoms with Crippen LogP contribution < -0.4 is 0 Å². The lowest BCUT2D eigenvalue weighted by atomic mass is 10.2. The number of hydrogen-bond acceptors (Lipinski definition) is 2. The van der Waals surface area contributed by atoms with Crippen molar-refractivity contribution >= 4 is 5.97 Å². The number of nitrogens with one attached hydrogen (secondary N) is 1. The van der Waals surface area contributed by atoms with Crippen molar-refractivity contribution in [2.75, 3.05) is 0 Å². The minimum Gasteiger partial charge on any atom is -0.462 e. The number of ether oxygens (including phenoxy) is 1. The minimum atomic E-state index is -0.228. The van der Waals surface area contributed by atoms with E-state index in [1.54, 1.807) is 0 Å². The van der Waals surface area contributed by atoms with Crippen molar-refractivity contribution < 1.29 is 9.53 Å². The third kappa shape index (κ3) is 2.78. The summed E-state index contributed by atoms with van der Waals surface area (Å²) in [5.74, 6) is -0.228. The van der Waals surface area contributed by atoms with Gasteiger partial charge in [-0.2, -0.15) is 0 Å². The van der Waals surface area contributed by atoms with Crippen molar-refractivity contribution in [3.05, 3.63) is 24.0 Å². The summed E-state index contributed by atoms with van der Waals surface area (Å²) in [7, 11) is 0. The molecule has 66 valence electrons. The van der Waals surface area contributed by atoms with Crippen LogP contribution in [0.25, 0.3) is 0 Å². The zero-order valence-electron chi connectivity index (χ0n) is 7.33. The normalized spacial score (nSPS) is 12.5. The van der Waals surface area contributed by atoms with E-state index in [9.17, 15) is 4.79 Å². The topological polar surface area (TPSA) is 42.1 Å². The maximum absolute atomic E-state index is 10.6. The number of aromatic nitrogens is 1. The van der Waals surface area contributed by atoms with Gasteiger partial charge in [0.05, 0.1) is 0 Å². The molecule has 1 N–H and O–H groups in total. The summed E-state index contributed by atoms with van der Waals surface area (Å²) < 4.78 is 4.96. The Bertz CT molecular complexity index is 241.